The molecule has 3 aromatic rings. The Balaban J connectivity index is 2.21. The van der Waals surface area contributed by atoms with E-state index in [4.69, 9.17) is 0 Å². The average molecular weight is 245 g/mol. The standard InChI is InChI=1S/C16H11N3/c17-10-14(12-6-2-1-3-7-12)16-13-8-4-5-9-15(13)18-11-19-16/h1-9,11,14H. The molecule has 1 aromatic heterocycles. The Morgan fingerprint density at radius 3 is 2.42 bits per heavy atom. The molecule has 3 rings (SSSR count). The number of fused-ring (bicyclic) bond motifs is 1. The van der Waals surface area contributed by atoms with E-state index >= 15 is 0 Å². The largest absolute Gasteiger partial charge is 0.239 e. The Morgan fingerprint density at radius 1 is 0.895 bits per heavy atom. The molecule has 3 heteroatoms. The maximum Gasteiger partial charge on any atom is 0.116 e. The fourth-order valence-corrected chi connectivity index (χ4v) is 2.19. The molecule has 0 fully saturated rings. The second-order valence-electron chi connectivity index (χ2n) is 4.25. The molecule has 0 bridgehead atoms. The first-order chi connectivity index (χ1) is 9.40. The van der Waals surface area contributed by atoms with E-state index in [0.717, 1.165) is 22.2 Å². The zero-order valence-corrected chi connectivity index (χ0v) is 10.2. The molecule has 1 atom stereocenters. The molecule has 0 saturated carbocycles. The lowest BCUT2D eigenvalue weighted by Crippen LogP contribution is -2.02. The normalized spacial score (nSPS) is 11.9. The van der Waals surface area contributed by atoms with Gasteiger partial charge in [0.05, 0.1) is 17.3 Å². The first-order valence-electron chi connectivity index (χ1n) is 6.04. The van der Waals surface area contributed by atoms with E-state index in [9.17, 15) is 5.26 Å². The molecule has 0 N–H and O–H groups in total. The quantitative estimate of drug-likeness (QED) is 0.696. The number of rotatable bonds is 2. The third-order valence-electron chi connectivity index (χ3n) is 3.11. The maximum atomic E-state index is 9.48. The van der Waals surface area contributed by atoms with Crippen LogP contribution in [0.15, 0.2) is 60.9 Å². The number of aromatic nitrogens is 2. The Hall–Kier alpha value is -2.73. The van der Waals surface area contributed by atoms with Crippen molar-refractivity contribution in [3.8, 4) is 6.07 Å². The van der Waals surface area contributed by atoms with Gasteiger partial charge >= 0.3 is 0 Å². The second kappa shape index (κ2) is 4.87. The van der Waals surface area contributed by atoms with Crippen molar-refractivity contribution in [1.29, 1.82) is 5.26 Å². The average Bonchev–Trinajstić information content (AvgIpc) is 2.49. The molecule has 2 aromatic carbocycles. The molecule has 0 saturated heterocycles. The Bertz CT molecular complexity index is 739. The van der Waals surface area contributed by atoms with Crippen molar-refractivity contribution in [2.24, 2.45) is 0 Å². The predicted octanol–water partition coefficient (Wildman–Crippen LogP) is 3.29. The van der Waals surface area contributed by atoms with Crippen LogP contribution in [0.1, 0.15) is 17.2 Å². The van der Waals surface area contributed by atoms with Crippen molar-refractivity contribution in [2.75, 3.05) is 0 Å². The van der Waals surface area contributed by atoms with Gasteiger partial charge in [0.2, 0.25) is 0 Å². The number of hydrogen-bond acceptors (Lipinski definition) is 3. The molecular formula is C16H11N3. The van der Waals surface area contributed by atoms with E-state index < -0.39 is 0 Å². The summed E-state index contributed by atoms with van der Waals surface area (Å²) in [6.07, 6.45) is 1.52. The number of nitrogens with zero attached hydrogens (tertiary/aromatic N) is 3. The van der Waals surface area contributed by atoms with Gasteiger partial charge in [-0.25, -0.2) is 9.97 Å². The molecular weight excluding hydrogens is 234 g/mol. The van der Waals surface area contributed by atoms with Crippen molar-refractivity contribution in [1.82, 2.24) is 9.97 Å². The van der Waals surface area contributed by atoms with Crippen LogP contribution >= 0.6 is 0 Å². The lowest BCUT2D eigenvalue weighted by molar-refractivity contribution is 0.967. The molecule has 0 aliphatic rings. The summed E-state index contributed by atoms with van der Waals surface area (Å²) in [5, 5.41) is 10.4. The van der Waals surface area contributed by atoms with Gasteiger partial charge in [-0.2, -0.15) is 5.26 Å². The summed E-state index contributed by atoms with van der Waals surface area (Å²) >= 11 is 0. The minimum absolute atomic E-state index is 0.367. The molecule has 3 nitrogen and oxygen atoms in total. The van der Waals surface area contributed by atoms with Crippen LogP contribution in [-0.2, 0) is 0 Å². The van der Waals surface area contributed by atoms with Crippen LogP contribution < -0.4 is 0 Å². The zero-order valence-electron chi connectivity index (χ0n) is 10.2. The van der Waals surface area contributed by atoms with E-state index in [1.165, 1.54) is 6.33 Å². The van der Waals surface area contributed by atoms with Crippen molar-refractivity contribution in [3.63, 3.8) is 0 Å². The highest BCUT2D eigenvalue weighted by atomic mass is 14.8. The van der Waals surface area contributed by atoms with E-state index in [0.29, 0.717) is 0 Å². The molecule has 0 aliphatic carbocycles. The smallest absolute Gasteiger partial charge is 0.116 e. The van der Waals surface area contributed by atoms with Crippen LogP contribution in [-0.4, -0.2) is 9.97 Å². The summed E-state index contributed by atoms with van der Waals surface area (Å²) in [5.41, 5.74) is 2.58. The predicted molar refractivity (Wildman–Crippen MR) is 73.4 cm³/mol. The van der Waals surface area contributed by atoms with Crippen LogP contribution in [0.4, 0.5) is 0 Å². The molecule has 1 heterocycles. The molecule has 0 amide bonds. The van der Waals surface area contributed by atoms with Crippen molar-refractivity contribution in [2.45, 2.75) is 5.92 Å². The SMILES string of the molecule is N#CC(c1ccccc1)c1ncnc2ccccc12. The molecule has 1 unspecified atom stereocenters. The maximum absolute atomic E-state index is 9.48. The van der Waals surface area contributed by atoms with Gasteiger partial charge in [-0.05, 0) is 11.6 Å². The first-order valence-corrected chi connectivity index (χ1v) is 6.04. The van der Waals surface area contributed by atoms with Gasteiger partial charge in [-0.15, -0.1) is 0 Å². The van der Waals surface area contributed by atoms with Gasteiger partial charge < -0.3 is 0 Å². The Kier molecular flexibility index (Phi) is 2.91. The van der Waals surface area contributed by atoms with Gasteiger partial charge in [0, 0.05) is 5.39 Å². The Labute approximate surface area is 111 Å². The van der Waals surface area contributed by atoms with Gasteiger partial charge in [0.15, 0.2) is 0 Å². The summed E-state index contributed by atoms with van der Waals surface area (Å²) in [4.78, 5) is 8.55. The highest BCUT2D eigenvalue weighted by Gasteiger charge is 2.17. The van der Waals surface area contributed by atoms with Gasteiger partial charge in [-0.3, -0.25) is 0 Å². The molecule has 0 spiro atoms. The van der Waals surface area contributed by atoms with Crippen LogP contribution in [0.25, 0.3) is 10.9 Å². The fraction of sp³-hybridized carbons (Fsp3) is 0.0625. The summed E-state index contributed by atoms with van der Waals surface area (Å²) < 4.78 is 0. The van der Waals surface area contributed by atoms with Crippen molar-refractivity contribution in [3.05, 3.63) is 72.2 Å². The van der Waals surface area contributed by atoms with E-state index in [2.05, 4.69) is 16.0 Å². The summed E-state index contributed by atoms with van der Waals surface area (Å²) in [6.45, 7) is 0. The van der Waals surface area contributed by atoms with E-state index in [1.54, 1.807) is 0 Å². The van der Waals surface area contributed by atoms with Crippen LogP contribution in [0, 0.1) is 11.3 Å². The summed E-state index contributed by atoms with van der Waals surface area (Å²) in [7, 11) is 0. The lowest BCUT2D eigenvalue weighted by Gasteiger charge is -2.11. The summed E-state index contributed by atoms with van der Waals surface area (Å²) in [5.74, 6) is -0.367. The highest BCUT2D eigenvalue weighted by Crippen LogP contribution is 2.27. The van der Waals surface area contributed by atoms with Crippen LogP contribution in [0.5, 0.6) is 0 Å². The third kappa shape index (κ3) is 2.04. The minimum atomic E-state index is -0.367. The monoisotopic (exact) mass is 245 g/mol. The van der Waals surface area contributed by atoms with Crippen molar-refractivity contribution >= 4 is 10.9 Å². The molecule has 90 valence electrons. The minimum Gasteiger partial charge on any atom is -0.239 e. The fourth-order valence-electron chi connectivity index (χ4n) is 2.19. The number of hydrogen-bond donors (Lipinski definition) is 0. The van der Waals surface area contributed by atoms with E-state index in [1.807, 2.05) is 54.6 Å². The van der Waals surface area contributed by atoms with Crippen LogP contribution in [0.3, 0.4) is 0 Å². The van der Waals surface area contributed by atoms with Gasteiger partial charge in [0.25, 0.3) is 0 Å². The number of benzene rings is 2. The molecule has 0 aliphatic heterocycles. The zero-order chi connectivity index (χ0) is 13.1. The topological polar surface area (TPSA) is 49.6 Å². The van der Waals surface area contributed by atoms with E-state index in [-0.39, 0.29) is 5.92 Å². The van der Waals surface area contributed by atoms with Crippen LogP contribution in [0.2, 0.25) is 0 Å². The first kappa shape index (κ1) is 11.4. The highest BCUT2D eigenvalue weighted by molar-refractivity contribution is 5.81. The lowest BCUT2D eigenvalue weighted by atomic mass is 9.94. The van der Waals surface area contributed by atoms with Gasteiger partial charge in [0.1, 0.15) is 12.2 Å². The third-order valence-corrected chi connectivity index (χ3v) is 3.11. The number of para-hydroxylation sites is 1. The molecule has 19 heavy (non-hydrogen) atoms. The Morgan fingerprint density at radius 2 is 1.63 bits per heavy atom. The van der Waals surface area contributed by atoms with Gasteiger partial charge in [-0.1, -0.05) is 48.5 Å². The van der Waals surface area contributed by atoms with Crippen molar-refractivity contribution < 1.29 is 0 Å². The number of nitriles is 1. The molecule has 0 radical (unpaired) electrons. The summed E-state index contributed by atoms with van der Waals surface area (Å²) in [6, 6.07) is 19.8. The second-order valence-corrected chi connectivity index (χ2v) is 4.25.